The van der Waals surface area contributed by atoms with E-state index in [1.165, 1.54) is 23.1 Å². The van der Waals surface area contributed by atoms with Crippen molar-refractivity contribution in [1.82, 2.24) is 4.90 Å². The van der Waals surface area contributed by atoms with Crippen molar-refractivity contribution in [3.8, 4) is 11.8 Å². The monoisotopic (exact) mass is 289 g/mol. The number of imide groups is 1. The van der Waals surface area contributed by atoms with Crippen LogP contribution in [0.25, 0.3) is 0 Å². The molecule has 2 rings (SSSR count). The van der Waals surface area contributed by atoms with Gasteiger partial charge in [-0.3, -0.25) is 14.5 Å². The lowest BCUT2D eigenvalue weighted by atomic mass is 10.00. The molecule has 2 atom stereocenters. The number of carbonyl (C=O) groups is 2. The number of rotatable bonds is 2. The van der Waals surface area contributed by atoms with Crippen LogP contribution in [0, 0.1) is 29.5 Å². The molecule has 1 aromatic carbocycles. The fraction of sp³-hybridized carbons (Fsp3) is 0.375. The molecule has 2 amide bonds. The van der Waals surface area contributed by atoms with Gasteiger partial charge in [0.15, 0.2) is 0 Å². The zero-order chi connectivity index (χ0) is 15.6. The Balaban J connectivity index is 2.32. The molecule has 0 saturated carbocycles. The lowest BCUT2D eigenvalue weighted by molar-refractivity contribution is -0.140. The maximum absolute atomic E-state index is 13.3. The number of likely N-dealkylation sites (tertiary alicyclic amines) is 1. The third kappa shape index (κ3) is 2.96. The van der Waals surface area contributed by atoms with Crippen molar-refractivity contribution >= 4 is 11.8 Å². The standard InChI is InChI=1S/C16H16FNO3/c1-10-11(2)16(21)18(15(10)20)9-13-5-6-14(17)8-12(13)4-3-7-19/h5-6,8,10-11,19H,7,9H2,1-2H3. The summed E-state index contributed by atoms with van der Waals surface area (Å²) >= 11 is 0. The molecule has 5 heteroatoms. The van der Waals surface area contributed by atoms with Gasteiger partial charge in [-0.25, -0.2) is 4.39 Å². The summed E-state index contributed by atoms with van der Waals surface area (Å²) in [5.41, 5.74) is 0.956. The van der Waals surface area contributed by atoms with E-state index in [0.29, 0.717) is 11.1 Å². The molecule has 1 aromatic rings. The molecule has 110 valence electrons. The molecule has 4 nitrogen and oxygen atoms in total. The van der Waals surface area contributed by atoms with Gasteiger partial charge >= 0.3 is 0 Å². The van der Waals surface area contributed by atoms with E-state index in [0.717, 1.165) is 0 Å². The first-order chi connectivity index (χ1) is 9.95. The number of halogens is 1. The van der Waals surface area contributed by atoms with Crippen molar-refractivity contribution < 1.29 is 19.1 Å². The van der Waals surface area contributed by atoms with Crippen molar-refractivity contribution in [3.05, 3.63) is 35.1 Å². The highest BCUT2D eigenvalue weighted by molar-refractivity contribution is 6.04. The number of amides is 2. The van der Waals surface area contributed by atoms with Crippen LogP contribution in [0.5, 0.6) is 0 Å². The maximum atomic E-state index is 13.3. The summed E-state index contributed by atoms with van der Waals surface area (Å²) < 4.78 is 13.3. The Kier molecular flexibility index (Phi) is 4.39. The lowest BCUT2D eigenvalue weighted by Gasteiger charge is -2.15. The molecule has 0 spiro atoms. The van der Waals surface area contributed by atoms with E-state index < -0.39 is 5.82 Å². The minimum absolute atomic E-state index is 0.0715. The van der Waals surface area contributed by atoms with E-state index in [1.54, 1.807) is 13.8 Å². The molecule has 2 unspecified atom stereocenters. The summed E-state index contributed by atoms with van der Waals surface area (Å²) in [4.78, 5) is 25.3. The smallest absolute Gasteiger partial charge is 0.233 e. The van der Waals surface area contributed by atoms with Gasteiger partial charge in [0.1, 0.15) is 12.4 Å². The average molecular weight is 289 g/mol. The molecule has 1 N–H and O–H groups in total. The van der Waals surface area contributed by atoms with E-state index in [9.17, 15) is 14.0 Å². The second-order valence-electron chi connectivity index (χ2n) is 5.10. The predicted octanol–water partition coefficient (Wildman–Crippen LogP) is 1.31. The Morgan fingerprint density at radius 2 is 1.86 bits per heavy atom. The predicted molar refractivity (Wildman–Crippen MR) is 74.2 cm³/mol. The number of carbonyl (C=O) groups excluding carboxylic acids is 2. The fourth-order valence-electron chi connectivity index (χ4n) is 2.29. The van der Waals surface area contributed by atoms with Crippen LogP contribution in [0.15, 0.2) is 18.2 Å². The first-order valence-corrected chi connectivity index (χ1v) is 6.69. The van der Waals surface area contributed by atoms with Crippen molar-refractivity contribution in [2.24, 2.45) is 11.8 Å². The molecule has 1 heterocycles. The van der Waals surface area contributed by atoms with Crippen LogP contribution >= 0.6 is 0 Å². The van der Waals surface area contributed by atoms with Crippen LogP contribution in [0.1, 0.15) is 25.0 Å². The van der Waals surface area contributed by atoms with Crippen LogP contribution in [0.2, 0.25) is 0 Å². The van der Waals surface area contributed by atoms with Gasteiger partial charge in [0.2, 0.25) is 11.8 Å². The molecular weight excluding hydrogens is 273 g/mol. The highest BCUT2D eigenvalue weighted by Crippen LogP contribution is 2.27. The van der Waals surface area contributed by atoms with E-state index in [1.807, 2.05) is 0 Å². The normalized spacial score (nSPS) is 21.4. The molecule has 1 aliphatic rings. The number of benzene rings is 1. The van der Waals surface area contributed by atoms with Gasteiger partial charge < -0.3 is 5.11 Å². The summed E-state index contributed by atoms with van der Waals surface area (Å²) in [5, 5.41) is 8.74. The molecule has 0 bridgehead atoms. The van der Waals surface area contributed by atoms with Gasteiger partial charge in [-0.05, 0) is 17.7 Å². The minimum atomic E-state index is -0.457. The molecule has 1 fully saturated rings. The van der Waals surface area contributed by atoms with Crippen LogP contribution in [0.4, 0.5) is 4.39 Å². The van der Waals surface area contributed by atoms with Crippen LogP contribution in [-0.4, -0.2) is 28.4 Å². The first kappa shape index (κ1) is 15.2. The van der Waals surface area contributed by atoms with Gasteiger partial charge in [-0.2, -0.15) is 0 Å². The highest BCUT2D eigenvalue weighted by atomic mass is 19.1. The van der Waals surface area contributed by atoms with Crippen molar-refractivity contribution in [3.63, 3.8) is 0 Å². The summed E-state index contributed by atoms with van der Waals surface area (Å²) in [6.45, 7) is 3.18. The zero-order valence-corrected chi connectivity index (χ0v) is 11.9. The van der Waals surface area contributed by atoms with E-state index in [-0.39, 0.29) is 36.8 Å². The second kappa shape index (κ2) is 6.06. The van der Waals surface area contributed by atoms with Gasteiger partial charge in [-0.1, -0.05) is 31.8 Å². The largest absolute Gasteiger partial charge is 0.384 e. The molecule has 21 heavy (non-hydrogen) atoms. The molecular formula is C16H16FNO3. The van der Waals surface area contributed by atoms with E-state index in [2.05, 4.69) is 11.8 Å². The van der Waals surface area contributed by atoms with Gasteiger partial charge in [0.05, 0.1) is 6.54 Å². The fourth-order valence-corrected chi connectivity index (χ4v) is 2.29. The van der Waals surface area contributed by atoms with E-state index in [4.69, 9.17) is 5.11 Å². The Labute approximate surface area is 122 Å². The van der Waals surface area contributed by atoms with Crippen molar-refractivity contribution in [2.45, 2.75) is 20.4 Å². The second-order valence-corrected chi connectivity index (χ2v) is 5.10. The van der Waals surface area contributed by atoms with Crippen molar-refractivity contribution in [2.75, 3.05) is 6.61 Å². The third-order valence-corrected chi connectivity index (χ3v) is 3.76. The Bertz CT molecular complexity index is 625. The molecule has 0 radical (unpaired) electrons. The Morgan fingerprint density at radius 1 is 1.24 bits per heavy atom. The Morgan fingerprint density at radius 3 is 2.43 bits per heavy atom. The number of aliphatic hydroxyl groups excluding tert-OH is 1. The Hall–Kier alpha value is -2.19. The van der Waals surface area contributed by atoms with Crippen LogP contribution in [-0.2, 0) is 16.1 Å². The number of hydrogen-bond acceptors (Lipinski definition) is 3. The third-order valence-electron chi connectivity index (χ3n) is 3.76. The molecule has 0 aromatic heterocycles. The number of aliphatic hydroxyl groups is 1. The number of hydrogen-bond donors (Lipinski definition) is 1. The van der Waals surface area contributed by atoms with Gasteiger partial charge in [0.25, 0.3) is 0 Å². The maximum Gasteiger partial charge on any atom is 0.233 e. The summed E-state index contributed by atoms with van der Waals surface area (Å²) in [7, 11) is 0. The quantitative estimate of drug-likeness (QED) is 0.660. The van der Waals surface area contributed by atoms with Crippen LogP contribution in [0.3, 0.4) is 0 Å². The van der Waals surface area contributed by atoms with Gasteiger partial charge in [-0.15, -0.1) is 0 Å². The minimum Gasteiger partial charge on any atom is -0.384 e. The molecule has 1 saturated heterocycles. The SMILES string of the molecule is CC1C(=O)N(Cc2ccc(F)cc2C#CCO)C(=O)C1C. The molecule has 0 aliphatic carbocycles. The summed E-state index contributed by atoms with van der Waals surface area (Å²) in [6, 6.07) is 4.00. The van der Waals surface area contributed by atoms with E-state index >= 15 is 0 Å². The average Bonchev–Trinajstić information content (AvgIpc) is 2.65. The van der Waals surface area contributed by atoms with Crippen molar-refractivity contribution in [1.29, 1.82) is 0 Å². The summed E-state index contributed by atoms with van der Waals surface area (Å²) in [5.74, 6) is 3.50. The lowest BCUT2D eigenvalue weighted by Crippen LogP contribution is -2.30. The first-order valence-electron chi connectivity index (χ1n) is 6.69. The molecule has 1 aliphatic heterocycles. The summed E-state index contributed by atoms with van der Waals surface area (Å²) in [6.07, 6.45) is 0. The number of nitrogens with zero attached hydrogens (tertiary/aromatic N) is 1. The highest BCUT2D eigenvalue weighted by Gasteiger charge is 2.42. The zero-order valence-electron chi connectivity index (χ0n) is 11.9. The topological polar surface area (TPSA) is 57.6 Å². The van der Waals surface area contributed by atoms with Gasteiger partial charge in [0, 0.05) is 17.4 Å². The van der Waals surface area contributed by atoms with Crippen LogP contribution < -0.4 is 0 Å².